The molecule has 0 heterocycles. The first-order valence-corrected chi connectivity index (χ1v) is 8.02. The number of hydrogen-bond donors (Lipinski definition) is 1. The maximum Gasteiger partial charge on any atom is 0.272 e. The van der Waals surface area contributed by atoms with Gasteiger partial charge in [0.25, 0.3) is 5.91 Å². The molecular weight excluding hydrogens is 270 g/mol. The number of nitrogens with one attached hydrogen (secondary N) is 1. The average molecular weight is 295 g/mol. The van der Waals surface area contributed by atoms with Gasteiger partial charge in [0.1, 0.15) is 5.75 Å². The van der Waals surface area contributed by atoms with E-state index < -0.39 is 5.44 Å². The molecule has 0 saturated heterocycles. The summed E-state index contributed by atoms with van der Waals surface area (Å²) < 4.78 is 5.84. The first kappa shape index (κ1) is 16.9. The van der Waals surface area contributed by atoms with Crippen molar-refractivity contribution in [1.29, 1.82) is 0 Å². The van der Waals surface area contributed by atoms with Crippen LogP contribution in [0.4, 0.5) is 0 Å². The van der Waals surface area contributed by atoms with Crippen molar-refractivity contribution in [2.45, 2.75) is 52.5 Å². The second-order valence-corrected chi connectivity index (χ2v) is 7.01. The third-order valence-electron chi connectivity index (χ3n) is 3.07. The molecule has 1 N–H and O–H groups in total. The van der Waals surface area contributed by atoms with E-state index >= 15 is 0 Å². The molecule has 3 nitrogen and oxygen atoms in total. The summed E-state index contributed by atoms with van der Waals surface area (Å²) in [4.78, 5) is 12.2. The molecule has 20 heavy (non-hydrogen) atoms. The van der Waals surface area contributed by atoms with Crippen molar-refractivity contribution in [2.24, 2.45) is 0 Å². The van der Waals surface area contributed by atoms with Crippen molar-refractivity contribution >= 4 is 17.7 Å². The summed E-state index contributed by atoms with van der Waals surface area (Å²) in [7, 11) is 0. The van der Waals surface area contributed by atoms with Crippen LogP contribution in [0.15, 0.2) is 12.1 Å². The lowest BCUT2D eigenvalue weighted by Gasteiger charge is -2.24. The van der Waals surface area contributed by atoms with E-state index in [1.54, 1.807) is 0 Å². The van der Waals surface area contributed by atoms with Gasteiger partial charge in [-0.25, -0.2) is 0 Å². The van der Waals surface area contributed by atoms with E-state index in [9.17, 15) is 4.79 Å². The molecule has 0 aliphatic heterocycles. The lowest BCUT2D eigenvalue weighted by atomic mass is 10.0. The Balaban J connectivity index is 2.86. The summed E-state index contributed by atoms with van der Waals surface area (Å²) >= 11 is 1.40. The third kappa shape index (κ3) is 4.75. The van der Waals surface area contributed by atoms with E-state index in [2.05, 4.69) is 26.1 Å². The fraction of sp³-hybridized carbons (Fsp3) is 0.562. The molecule has 0 radical (unpaired) electrons. The molecule has 4 heteroatoms. The van der Waals surface area contributed by atoms with Crippen molar-refractivity contribution in [3.8, 4) is 5.75 Å². The highest BCUT2D eigenvalue weighted by Crippen LogP contribution is 2.24. The first-order chi connectivity index (χ1) is 9.14. The molecular formula is C16H25NO2S. The van der Waals surface area contributed by atoms with Gasteiger partial charge in [-0.05, 0) is 76.6 Å². The van der Waals surface area contributed by atoms with E-state index in [1.807, 2.05) is 39.2 Å². The van der Waals surface area contributed by atoms with Crippen LogP contribution in [-0.4, -0.2) is 23.1 Å². The highest BCUT2D eigenvalue weighted by atomic mass is 32.2. The quantitative estimate of drug-likeness (QED) is 0.863. The molecule has 112 valence electrons. The van der Waals surface area contributed by atoms with Crippen LogP contribution in [0.1, 0.15) is 37.5 Å². The Morgan fingerprint density at radius 1 is 1.20 bits per heavy atom. The molecule has 0 aromatic heterocycles. The second-order valence-electron chi connectivity index (χ2n) is 6.11. The zero-order valence-corrected chi connectivity index (χ0v) is 14.3. The summed E-state index contributed by atoms with van der Waals surface area (Å²) in [5, 5.41) is 2.95. The van der Waals surface area contributed by atoms with E-state index in [0.717, 1.165) is 5.75 Å². The van der Waals surface area contributed by atoms with Crippen molar-refractivity contribution in [2.75, 3.05) is 6.26 Å². The van der Waals surface area contributed by atoms with Gasteiger partial charge in [0.2, 0.25) is 5.44 Å². The summed E-state index contributed by atoms with van der Waals surface area (Å²) in [5.74, 6) is 0.648. The SMILES string of the molecule is CSC(Oc1cc(C)c(C)c(C)c1)C(=O)NC(C)(C)C. The monoisotopic (exact) mass is 295 g/mol. The minimum atomic E-state index is -0.532. The molecule has 1 atom stereocenters. The minimum Gasteiger partial charge on any atom is -0.470 e. The van der Waals surface area contributed by atoms with E-state index in [0.29, 0.717) is 0 Å². The summed E-state index contributed by atoms with van der Waals surface area (Å²) in [6.45, 7) is 12.1. The fourth-order valence-corrected chi connectivity index (χ4v) is 2.31. The largest absolute Gasteiger partial charge is 0.470 e. The van der Waals surface area contributed by atoms with Gasteiger partial charge in [-0.2, -0.15) is 0 Å². The maximum atomic E-state index is 12.2. The molecule has 1 unspecified atom stereocenters. The molecule has 1 aromatic carbocycles. The predicted molar refractivity (Wildman–Crippen MR) is 86.5 cm³/mol. The molecule has 1 amide bonds. The Morgan fingerprint density at radius 3 is 2.10 bits per heavy atom. The highest BCUT2D eigenvalue weighted by Gasteiger charge is 2.23. The minimum absolute atomic E-state index is 0.0964. The van der Waals surface area contributed by atoms with Crippen LogP contribution in [0, 0.1) is 20.8 Å². The van der Waals surface area contributed by atoms with Gasteiger partial charge >= 0.3 is 0 Å². The van der Waals surface area contributed by atoms with Gasteiger partial charge in [0, 0.05) is 5.54 Å². The highest BCUT2D eigenvalue weighted by molar-refractivity contribution is 7.99. The fourth-order valence-electron chi connectivity index (χ4n) is 1.82. The summed E-state index contributed by atoms with van der Waals surface area (Å²) in [6.07, 6.45) is 1.88. The molecule has 0 fully saturated rings. The number of benzene rings is 1. The number of thioether (sulfide) groups is 1. The number of carbonyl (C=O) groups is 1. The standard InChI is InChI=1S/C16H25NO2S/c1-10-8-13(9-11(2)12(10)3)19-15(20-7)14(18)17-16(4,5)6/h8-9,15H,1-7H3,(H,17,18). The predicted octanol–water partition coefficient (Wildman–Crippen LogP) is 3.59. The van der Waals surface area contributed by atoms with Gasteiger partial charge in [0.15, 0.2) is 0 Å². The van der Waals surface area contributed by atoms with Gasteiger partial charge < -0.3 is 10.1 Å². The number of rotatable bonds is 4. The maximum absolute atomic E-state index is 12.2. The van der Waals surface area contributed by atoms with Crippen molar-refractivity contribution in [1.82, 2.24) is 5.32 Å². The lowest BCUT2D eigenvalue weighted by Crippen LogP contribution is -2.46. The third-order valence-corrected chi connectivity index (χ3v) is 3.81. The van der Waals surface area contributed by atoms with Crippen LogP contribution in [0.3, 0.4) is 0 Å². The van der Waals surface area contributed by atoms with Crippen molar-refractivity contribution in [3.05, 3.63) is 28.8 Å². The van der Waals surface area contributed by atoms with E-state index in [4.69, 9.17) is 4.74 Å². The number of ether oxygens (including phenoxy) is 1. The Labute approximate surface area is 126 Å². The Kier molecular flexibility index (Phi) is 5.51. The number of carbonyl (C=O) groups excluding carboxylic acids is 1. The zero-order valence-electron chi connectivity index (χ0n) is 13.5. The number of amides is 1. The average Bonchev–Trinajstić information content (AvgIpc) is 2.30. The Bertz CT molecular complexity index is 469. The van der Waals surface area contributed by atoms with Crippen LogP contribution in [0.25, 0.3) is 0 Å². The summed E-state index contributed by atoms with van der Waals surface area (Å²) in [5.41, 5.74) is 2.83. The topological polar surface area (TPSA) is 38.3 Å². The first-order valence-electron chi connectivity index (χ1n) is 6.73. The second kappa shape index (κ2) is 6.53. The molecule has 0 bridgehead atoms. The normalized spacial score (nSPS) is 12.9. The van der Waals surface area contributed by atoms with Gasteiger partial charge in [-0.15, -0.1) is 11.8 Å². The lowest BCUT2D eigenvalue weighted by molar-refractivity contribution is -0.125. The van der Waals surface area contributed by atoms with Crippen molar-refractivity contribution in [3.63, 3.8) is 0 Å². The van der Waals surface area contributed by atoms with Crippen LogP contribution in [0.2, 0.25) is 0 Å². The van der Waals surface area contributed by atoms with Gasteiger partial charge in [-0.3, -0.25) is 4.79 Å². The van der Waals surface area contributed by atoms with Crippen LogP contribution in [0.5, 0.6) is 5.75 Å². The Morgan fingerprint density at radius 2 is 1.70 bits per heavy atom. The molecule has 1 rings (SSSR count). The molecule has 1 aromatic rings. The summed E-state index contributed by atoms with van der Waals surface area (Å²) in [6, 6.07) is 3.96. The molecule has 0 aliphatic carbocycles. The van der Waals surface area contributed by atoms with Crippen molar-refractivity contribution < 1.29 is 9.53 Å². The number of hydrogen-bond acceptors (Lipinski definition) is 3. The molecule has 0 aliphatic rings. The van der Waals surface area contributed by atoms with Crippen LogP contribution in [-0.2, 0) is 4.79 Å². The van der Waals surface area contributed by atoms with Gasteiger partial charge in [-0.1, -0.05) is 0 Å². The molecule has 0 spiro atoms. The van der Waals surface area contributed by atoms with Crippen LogP contribution >= 0.6 is 11.8 Å². The van der Waals surface area contributed by atoms with E-state index in [1.165, 1.54) is 28.5 Å². The molecule has 0 saturated carbocycles. The number of aryl methyl sites for hydroxylation is 2. The smallest absolute Gasteiger partial charge is 0.272 e. The zero-order chi connectivity index (χ0) is 15.5. The van der Waals surface area contributed by atoms with Gasteiger partial charge in [0.05, 0.1) is 0 Å². The van der Waals surface area contributed by atoms with E-state index in [-0.39, 0.29) is 11.4 Å². The Hall–Kier alpha value is -1.16. The van der Waals surface area contributed by atoms with Crippen LogP contribution < -0.4 is 10.1 Å².